The predicted octanol–water partition coefficient (Wildman–Crippen LogP) is 1.91. The third-order valence-electron chi connectivity index (χ3n) is 5.67. The van der Waals surface area contributed by atoms with Crippen LogP contribution >= 0.6 is 0 Å². The lowest BCUT2D eigenvalue weighted by molar-refractivity contribution is -0.385. The predicted molar refractivity (Wildman–Crippen MR) is 102 cm³/mol. The molecule has 4 atom stereocenters. The van der Waals surface area contributed by atoms with Crippen LogP contribution in [-0.2, 0) is 14.3 Å². The number of rotatable bonds is 5. The number of hydrogen-bond donors (Lipinski definition) is 1. The zero-order valence-corrected chi connectivity index (χ0v) is 15.1. The number of amides is 2. The quantitative estimate of drug-likeness (QED) is 0.358. The Bertz CT molecular complexity index is 1040. The van der Waals surface area contributed by atoms with Gasteiger partial charge in [-0.1, -0.05) is 30.4 Å². The second-order valence-corrected chi connectivity index (χ2v) is 7.26. The Kier molecular flexibility index (Phi) is 3.75. The number of hydrogen-bond acceptors (Lipinski definition) is 7. The lowest BCUT2D eigenvalue weighted by Crippen LogP contribution is -2.45. The Morgan fingerprint density at radius 1 is 1.17 bits per heavy atom. The van der Waals surface area contributed by atoms with Gasteiger partial charge in [-0.3, -0.25) is 19.7 Å². The highest BCUT2D eigenvalue weighted by Crippen LogP contribution is 2.52. The van der Waals surface area contributed by atoms with Gasteiger partial charge >= 0.3 is 0 Å². The van der Waals surface area contributed by atoms with Crippen molar-refractivity contribution in [2.75, 3.05) is 16.8 Å². The molecule has 3 aliphatic heterocycles. The molecule has 0 radical (unpaired) electrons. The van der Waals surface area contributed by atoms with Gasteiger partial charge < -0.3 is 10.1 Å². The van der Waals surface area contributed by atoms with Gasteiger partial charge in [-0.05, 0) is 18.2 Å². The largest absolute Gasteiger partial charge is 0.367 e. The Morgan fingerprint density at radius 3 is 2.66 bits per heavy atom. The van der Waals surface area contributed by atoms with Crippen molar-refractivity contribution in [2.24, 2.45) is 11.8 Å². The average molecular weight is 392 g/mol. The lowest BCUT2D eigenvalue weighted by Gasteiger charge is -2.29. The van der Waals surface area contributed by atoms with Crippen molar-refractivity contribution in [1.82, 2.24) is 4.98 Å². The Labute approximate surface area is 165 Å². The number of fused-ring (bicyclic) bond motifs is 5. The minimum atomic E-state index is -0.963. The van der Waals surface area contributed by atoms with E-state index in [2.05, 4.69) is 10.3 Å². The number of nitrogens with zero attached hydrogens (tertiary/aromatic N) is 3. The highest BCUT2D eigenvalue weighted by Gasteiger charge is 2.67. The van der Waals surface area contributed by atoms with Crippen LogP contribution in [0.25, 0.3) is 0 Å². The molecular weight excluding hydrogens is 376 g/mol. The third-order valence-corrected chi connectivity index (χ3v) is 5.67. The minimum absolute atomic E-state index is 0.109. The van der Waals surface area contributed by atoms with E-state index in [9.17, 15) is 19.7 Å². The standard InChI is InChI=1S/C20H16N4O5/c25-18-16-14-8-9-20(29-14,11-22-15-7-6-13(10-21-15)24(27)28)17(16)19(26)23(18)12-4-2-1-3-5-12/h1-10,14,16-17H,11H2,(H,21,22)/t14-,16-,17+,20-/m1/s1. The van der Waals surface area contributed by atoms with Gasteiger partial charge in [0, 0.05) is 12.6 Å². The van der Waals surface area contributed by atoms with Crippen LogP contribution in [0.1, 0.15) is 0 Å². The van der Waals surface area contributed by atoms with E-state index in [-0.39, 0.29) is 24.0 Å². The van der Waals surface area contributed by atoms with Crippen LogP contribution in [-0.4, -0.2) is 40.0 Å². The number of aromatic nitrogens is 1. The number of ether oxygens (including phenoxy) is 1. The molecule has 2 bridgehead atoms. The molecule has 9 nitrogen and oxygen atoms in total. The van der Waals surface area contributed by atoms with Crippen LogP contribution in [0.3, 0.4) is 0 Å². The summed E-state index contributed by atoms with van der Waals surface area (Å²) in [5.74, 6) is -1.30. The highest BCUT2D eigenvalue weighted by molar-refractivity contribution is 6.23. The molecule has 1 aromatic carbocycles. The fraction of sp³-hybridized carbons (Fsp3) is 0.250. The summed E-state index contributed by atoms with van der Waals surface area (Å²) >= 11 is 0. The summed E-state index contributed by atoms with van der Waals surface area (Å²) in [5.41, 5.74) is -0.520. The first-order valence-corrected chi connectivity index (χ1v) is 9.14. The first-order chi connectivity index (χ1) is 14.0. The number of imide groups is 1. The monoisotopic (exact) mass is 392 g/mol. The number of anilines is 2. The Morgan fingerprint density at radius 2 is 1.97 bits per heavy atom. The van der Waals surface area contributed by atoms with Crippen molar-refractivity contribution >= 4 is 29.0 Å². The average Bonchev–Trinajstić information content (AvgIpc) is 3.38. The molecule has 2 amide bonds. The third kappa shape index (κ3) is 2.54. The summed E-state index contributed by atoms with van der Waals surface area (Å²) in [6, 6.07) is 11.7. The van der Waals surface area contributed by atoms with Gasteiger partial charge in [0.15, 0.2) is 0 Å². The van der Waals surface area contributed by atoms with Crippen molar-refractivity contribution in [2.45, 2.75) is 11.7 Å². The number of pyridine rings is 1. The van der Waals surface area contributed by atoms with Crippen LogP contribution in [0, 0.1) is 22.0 Å². The summed E-state index contributed by atoms with van der Waals surface area (Å²) in [6.07, 6.45) is 4.37. The van der Waals surface area contributed by atoms with E-state index in [4.69, 9.17) is 4.74 Å². The van der Waals surface area contributed by atoms with Crippen LogP contribution in [0.4, 0.5) is 17.2 Å². The van der Waals surface area contributed by atoms with E-state index < -0.39 is 28.5 Å². The van der Waals surface area contributed by atoms with Gasteiger partial charge in [0.1, 0.15) is 17.6 Å². The van der Waals surface area contributed by atoms with Crippen molar-refractivity contribution in [3.8, 4) is 0 Å². The molecule has 0 spiro atoms. The molecule has 0 saturated carbocycles. The fourth-order valence-corrected chi connectivity index (χ4v) is 4.37. The summed E-state index contributed by atoms with van der Waals surface area (Å²) in [5, 5.41) is 13.8. The molecule has 2 aromatic rings. The first kappa shape index (κ1) is 17.5. The van der Waals surface area contributed by atoms with E-state index in [0.717, 1.165) is 6.20 Å². The maximum atomic E-state index is 13.2. The zero-order chi connectivity index (χ0) is 20.2. The second-order valence-electron chi connectivity index (χ2n) is 7.26. The van der Waals surface area contributed by atoms with E-state index in [1.54, 1.807) is 24.3 Å². The number of para-hydroxylation sites is 1. The molecule has 3 aliphatic rings. The van der Waals surface area contributed by atoms with Gasteiger partial charge in [0.2, 0.25) is 11.8 Å². The fourth-order valence-electron chi connectivity index (χ4n) is 4.37. The van der Waals surface area contributed by atoms with Gasteiger partial charge in [-0.15, -0.1) is 0 Å². The van der Waals surface area contributed by atoms with Crippen LogP contribution < -0.4 is 10.2 Å². The highest BCUT2D eigenvalue weighted by atomic mass is 16.6. The van der Waals surface area contributed by atoms with Crippen molar-refractivity contribution in [1.29, 1.82) is 0 Å². The normalized spacial score (nSPS) is 29.4. The van der Waals surface area contributed by atoms with Crippen molar-refractivity contribution < 1.29 is 19.2 Å². The molecule has 0 aliphatic carbocycles. The first-order valence-electron chi connectivity index (χ1n) is 9.14. The molecule has 146 valence electrons. The Balaban J connectivity index is 1.40. The molecule has 2 fully saturated rings. The molecule has 2 saturated heterocycles. The van der Waals surface area contributed by atoms with Gasteiger partial charge in [-0.2, -0.15) is 0 Å². The van der Waals surface area contributed by atoms with Gasteiger partial charge in [0.25, 0.3) is 5.69 Å². The van der Waals surface area contributed by atoms with Gasteiger partial charge in [0.05, 0.1) is 28.6 Å². The molecule has 1 N–H and O–H groups in total. The Hall–Kier alpha value is -3.59. The smallest absolute Gasteiger partial charge is 0.287 e. The summed E-state index contributed by atoms with van der Waals surface area (Å²) in [6.45, 7) is 0.216. The zero-order valence-electron chi connectivity index (χ0n) is 15.1. The van der Waals surface area contributed by atoms with E-state index in [0.29, 0.717) is 11.5 Å². The molecule has 1 aromatic heterocycles. The minimum Gasteiger partial charge on any atom is -0.367 e. The van der Waals surface area contributed by atoms with Crippen molar-refractivity contribution in [3.05, 3.63) is 70.9 Å². The molecular formula is C20H16N4O5. The topological polar surface area (TPSA) is 115 Å². The summed E-state index contributed by atoms with van der Waals surface area (Å²) < 4.78 is 6.06. The molecule has 9 heteroatoms. The molecule has 5 rings (SSSR count). The summed E-state index contributed by atoms with van der Waals surface area (Å²) in [7, 11) is 0. The van der Waals surface area contributed by atoms with E-state index in [1.165, 1.54) is 17.0 Å². The second kappa shape index (κ2) is 6.21. The van der Waals surface area contributed by atoms with Gasteiger partial charge in [-0.25, -0.2) is 9.88 Å². The number of benzene rings is 1. The van der Waals surface area contributed by atoms with Crippen LogP contribution in [0.15, 0.2) is 60.8 Å². The number of nitro groups is 1. The molecule has 0 unspecified atom stereocenters. The van der Waals surface area contributed by atoms with E-state index in [1.807, 2.05) is 18.2 Å². The number of carbonyl (C=O) groups is 2. The van der Waals surface area contributed by atoms with Crippen LogP contribution in [0.5, 0.6) is 0 Å². The lowest BCUT2D eigenvalue weighted by atomic mass is 9.77. The molecule has 29 heavy (non-hydrogen) atoms. The van der Waals surface area contributed by atoms with Crippen molar-refractivity contribution in [3.63, 3.8) is 0 Å². The summed E-state index contributed by atoms with van der Waals surface area (Å²) in [4.78, 5) is 41.7. The van der Waals surface area contributed by atoms with E-state index >= 15 is 0 Å². The molecule has 4 heterocycles. The number of carbonyl (C=O) groups excluding carboxylic acids is 2. The van der Waals surface area contributed by atoms with Crippen LogP contribution in [0.2, 0.25) is 0 Å². The maximum absolute atomic E-state index is 13.2. The SMILES string of the molecule is O=C1[C@H]2[C@@H](C(=O)N1c1ccccc1)[C@]1(CNc3ccc([N+](=O)[O-])cn3)C=C[C@H]2O1. The number of nitrogens with one attached hydrogen (secondary N) is 1. The maximum Gasteiger partial charge on any atom is 0.287 e.